The van der Waals surface area contributed by atoms with Crippen LogP contribution in [0.25, 0.3) is 0 Å². The molecule has 0 aliphatic heterocycles. The van der Waals surface area contributed by atoms with Crippen molar-refractivity contribution in [2.75, 3.05) is 17.7 Å². The summed E-state index contributed by atoms with van der Waals surface area (Å²) in [6, 6.07) is 10.7. The van der Waals surface area contributed by atoms with Gasteiger partial charge in [-0.25, -0.2) is 4.79 Å². The van der Waals surface area contributed by atoms with Crippen molar-refractivity contribution in [2.24, 2.45) is 5.92 Å². The van der Waals surface area contributed by atoms with E-state index in [1.165, 1.54) is 0 Å². The molecule has 1 amide bonds. The zero-order chi connectivity index (χ0) is 22.3. The normalized spacial score (nSPS) is 12.7. The summed E-state index contributed by atoms with van der Waals surface area (Å²) in [7, 11) is 0. The highest BCUT2D eigenvalue weighted by atomic mass is 79.9. The van der Waals surface area contributed by atoms with E-state index in [9.17, 15) is 14.7 Å². The number of phenols is 1. The summed E-state index contributed by atoms with van der Waals surface area (Å²) in [6.07, 6.45) is -1.01. The highest BCUT2D eigenvalue weighted by Gasteiger charge is 2.28. The molecule has 6 nitrogen and oxygen atoms in total. The number of anilines is 1. The molecule has 0 fully saturated rings. The number of esters is 1. The van der Waals surface area contributed by atoms with E-state index < -0.39 is 18.2 Å². The molecule has 0 saturated heterocycles. The average Bonchev–Trinajstić information content (AvgIpc) is 2.70. The van der Waals surface area contributed by atoms with Crippen LogP contribution in [0.4, 0.5) is 10.5 Å². The third kappa shape index (κ3) is 7.21. The Kier molecular flexibility index (Phi) is 9.51. The van der Waals surface area contributed by atoms with E-state index in [0.29, 0.717) is 26.6 Å². The number of aromatic hydroxyl groups is 1. The fourth-order valence-corrected chi connectivity index (χ4v) is 4.09. The fraction of sp³-hybridized carbons (Fsp3) is 0.333. The van der Waals surface area contributed by atoms with Crippen molar-refractivity contribution in [3.63, 3.8) is 0 Å². The summed E-state index contributed by atoms with van der Waals surface area (Å²) in [4.78, 5) is 23.9. The fourth-order valence-electron chi connectivity index (χ4n) is 2.74. The topological polar surface area (TPSA) is 84.9 Å². The number of phenolic OH excluding ortho intramolecular Hbond substituents is 1. The summed E-state index contributed by atoms with van der Waals surface area (Å²) in [5.41, 5.74) is 2.10. The van der Waals surface area contributed by atoms with Crippen LogP contribution < -0.4 is 5.32 Å². The van der Waals surface area contributed by atoms with Crippen molar-refractivity contribution in [2.45, 2.75) is 26.4 Å². The molecule has 2 aromatic carbocycles. The molecule has 2 N–H and O–H groups in total. The van der Waals surface area contributed by atoms with Crippen LogP contribution in [-0.4, -0.2) is 29.5 Å². The summed E-state index contributed by atoms with van der Waals surface area (Å²) in [5, 5.41) is 13.2. The van der Waals surface area contributed by atoms with Gasteiger partial charge in [-0.3, -0.25) is 10.1 Å². The van der Waals surface area contributed by atoms with E-state index in [2.05, 4.69) is 49.8 Å². The van der Waals surface area contributed by atoms with Crippen molar-refractivity contribution in [3.8, 4) is 5.75 Å². The van der Waals surface area contributed by atoms with Crippen LogP contribution in [0, 0.1) is 12.8 Å². The van der Waals surface area contributed by atoms with Gasteiger partial charge in [-0.05, 0) is 53.5 Å². The van der Waals surface area contributed by atoms with E-state index in [0.717, 1.165) is 5.56 Å². The quantitative estimate of drug-likeness (QED) is 0.272. The molecule has 162 valence electrons. The number of carbonyl (C=O) groups is 2. The summed E-state index contributed by atoms with van der Waals surface area (Å²) >= 11 is 10.6. The number of halogens is 2. The first kappa shape index (κ1) is 24.6. The second-order valence-corrected chi connectivity index (χ2v) is 8.87. The molecule has 9 heteroatoms. The molecule has 2 aromatic rings. The lowest BCUT2D eigenvalue weighted by atomic mass is 9.94. The Hall–Kier alpha value is -1.71. The Morgan fingerprint density at radius 2 is 1.87 bits per heavy atom. The Morgan fingerprint density at radius 3 is 2.50 bits per heavy atom. The highest BCUT2D eigenvalue weighted by Crippen LogP contribution is 2.40. The zero-order valence-electron chi connectivity index (χ0n) is 16.5. The third-order valence-electron chi connectivity index (χ3n) is 4.38. The number of carbonyl (C=O) groups excluding carboxylic acids is 2. The predicted octanol–water partition coefficient (Wildman–Crippen LogP) is 6.01. The molecule has 2 rings (SSSR count). The number of amides is 1. The molecular weight excluding hydrogens is 538 g/mol. The van der Waals surface area contributed by atoms with Gasteiger partial charge in [-0.2, -0.15) is 12.6 Å². The van der Waals surface area contributed by atoms with Gasteiger partial charge in [0.1, 0.15) is 11.9 Å². The Bertz CT molecular complexity index is 892. The first-order valence-corrected chi connectivity index (χ1v) is 11.4. The molecule has 0 heterocycles. The molecule has 0 aromatic heterocycles. The van der Waals surface area contributed by atoms with Gasteiger partial charge in [-0.1, -0.05) is 40.5 Å². The molecule has 0 saturated carbocycles. The minimum Gasteiger partial charge on any atom is -0.506 e. The van der Waals surface area contributed by atoms with Crippen molar-refractivity contribution in [3.05, 3.63) is 56.5 Å². The SMILES string of the molecule is Cc1ccc(NC(=O)O[C@H](c2cc(Br)cc(Br)c2O)[C@@H](C)CCOC(=O)CS)cc1. The first-order valence-electron chi connectivity index (χ1n) is 9.20. The minimum atomic E-state index is -0.779. The van der Waals surface area contributed by atoms with Gasteiger partial charge in [0, 0.05) is 21.6 Å². The van der Waals surface area contributed by atoms with Crippen LogP contribution in [0.1, 0.15) is 30.6 Å². The summed E-state index contributed by atoms with van der Waals surface area (Å²) in [5.74, 6) is -0.709. The molecule has 0 aliphatic carbocycles. The van der Waals surface area contributed by atoms with Gasteiger partial charge < -0.3 is 14.6 Å². The third-order valence-corrected chi connectivity index (χ3v) is 5.70. The van der Waals surface area contributed by atoms with Crippen LogP contribution in [0.15, 0.2) is 45.3 Å². The van der Waals surface area contributed by atoms with Crippen LogP contribution in [0.3, 0.4) is 0 Å². The molecule has 0 spiro atoms. The number of ether oxygens (including phenoxy) is 2. The lowest BCUT2D eigenvalue weighted by Gasteiger charge is -2.26. The van der Waals surface area contributed by atoms with Crippen LogP contribution in [0.5, 0.6) is 5.75 Å². The van der Waals surface area contributed by atoms with E-state index >= 15 is 0 Å². The largest absolute Gasteiger partial charge is 0.506 e. The maximum atomic E-state index is 12.6. The molecule has 0 radical (unpaired) electrons. The molecule has 2 atom stereocenters. The first-order chi connectivity index (χ1) is 14.2. The van der Waals surface area contributed by atoms with Crippen molar-refractivity contribution in [1.29, 1.82) is 0 Å². The number of hydrogen-bond donors (Lipinski definition) is 3. The van der Waals surface area contributed by atoms with Crippen molar-refractivity contribution < 1.29 is 24.2 Å². The van der Waals surface area contributed by atoms with Gasteiger partial charge in [-0.15, -0.1) is 0 Å². The number of thiol groups is 1. The maximum Gasteiger partial charge on any atom is 0.412 e. The van der Waals surface area contributed by atoms with Crippen LogP contribution in [-0.2, 0) is 14.3 Å². The summed E-state index contributed by atoms with van der Waals surface area (Å²) < 4.78 is 12.0. The molecular formula is C21H23Br2NO5S. The number of benzene rings is 2. The van der Waals surface area contributed by atoms with Gasteiger partial charge in [0.05, 0.1) is 16.8 Å². The lowest BCUT2D eigenvalue weighted by molar-refractivity contribution is -0.141. The van der Waals surface area contributed by atoms with Gasteiger partial charge >= 0.3 is 12.1 Å². The molecule has 0 aliphatic rings. The molecule has 0 unspecified atom stereocenters. The zero-order valence-corrected chi connectivity index (χ0v) is 20.6. The highest BCUT2D eigenvalue weighted by molar-refractivity contribution is 9.11. The van der Waals surface area contributed by atoms with Crippen LogP contribution >= 0.6 is 44.5 Å². The Morgan fingerprint density at radius 1 is 1.20 bits per heavy atom. The van der Waals surface area contributed by atoms with E-state index in [1.807, 2.05) is 26.0 Å². The second kappa shape index (κ2) is 11.6. The van der Waals surface area contributed by atoms with Crippen LogP contribution in [0.2, 0.25) is 0 Å². The Balaban J connectivity index is 2.21. The average molecular weight is 561 g/mol. The number of hydrogen-bond acceptors (Lipinski definition) is 6. The smallest absolute Gasteiger partial charge is 0.412 e. The van der Waals surface area contributed by atoms with Crippen molar-refractivity contribution in [1.82, 2.24) is 0 Å². The van der Waals surface area contributed by atoms with E-state index in [1.54, 1.807) is 24.3 Å². The summed E-state index contributed by atoms with van der Waals surface area (Å²) in [6.45, 7) is 3.96. The standard InChI is InChI=1S/C21H23Br2NO5S/c1-12-3-5-15(6-4-12)24-21(27)29-20(13(2)7-8-28-18(25)11-30)16-9-14(22)10-17(23)19(16)26/h3-6,9-10,13,20,26,30H,7-8,11H2,1-2H3,(H,24,27)/t13-,20-/m0/s1. The minimum absolute atomic E-state index is 0.00731. The predicted molar refractivity (Wildman–Crippen MR) is 126 cm³/mol. The molecule has 30 heavy (non-hydrogen) atoms. The van der Waals surface area contributed by atoms with Gasteiger partial charge in [0.15, 0.2) is 0 Å². The number of aryl methyl sites for hydroxylation is 1. The Labute approximate surface area is 198 Å². The van der Waals surface area contributed by atoms with E-state index in [-0.39, 0.29) is 24.0 Å². The monoisotopic (exact) mass is 559 g/mol. The van der Waals surface area contributed by atoms with Crippen molar-refractivity contribution >= 4 is 62.2 Å². The molecule has 0 bridgehead atoms. The van der Waals surface area contributed by atoms with Gasteiger partial charge in [0.25, 0.3) is 0 Å². The second-order valence-electron chi connectivity index (χ2n) is 6.79. The maximum absolute atomic E-state index is 12.6. The van der Waals surface area contributed by atoms with Gasteiger partial charge in [0.2, 0.25) is 0 Å². The number of rotatable bonds is 8. The van der Waals surface area contributed by atoms with E-state index in [4.69, 9.17) is 9.47 Å². The number of nitrogens with one attached hydrogen (secondary N) is 1. The lowest BCUT2D eigenvalue weighted by Crippen LogP contribution is -2.23.